The number of hydrazone groups is 1. The van der Waals surface area contributed by atoms with Crippen LogP contribution in [0.15, 0.2) is 74.7 Å². The molecule has 2 atom stereocenters. The number of rotatable bonds is 9. The van der Waals surface area contributed by atoms with Gasteiger partial charge in [0.25, 0.3) is 0 Å². The highest BCUT2D eigenvalue weighted by Crippen LogP contribution is 2.51. The molecule has 0 radical (unpaired) electrons. The van der Waals surface area contributed by atoms with Gasteiger partial charge in [-0.25, -0.2) is 5.01 Å². The highest BCUT2D eigenvalue weighted by molar-refractivity contribution is 9.11. The topological polar surface area (TPSA) is 43.3 Å². The van der Waals surface area contributed by atoms with Crippen LogP contribution < -0.4 is 14.2 Å². The fourth-order valence-corrected chi connectivity index (χ4v) is 6.16. The van der Waals surface area contributed by atoms with Gasteiger partial charge in [0, 0.05) is 22.0 Å². The lowest BCUT2D eigenvalue weighted by molar-refractivity contribution is -0.0198. The molecule has 0 bridgehead atoms. The molecule has 36 heavy (non-hydrogen) atoms. The van der Waals surface area contributed by atoms with Crippen LogP contribution in [0.4, 0.5) is 0 Å². The fraction of sp³-hybridized carbons (Fsp3) is 0.345. The average Bonchev–Trinajstić information content (AvgIpc) is 3.35. The lowest BCUT2D eigenvalue weighted by atomic mass is 9.96. The summed E-state index contributed by atoms with van der Waals surface area (Å²) in [6.07, 6.45) is 5.06. The monoisotopic (exact) mass is 612 g/mol. The van der Waals surface area contributed by atoms with Crippen LogP contribution in [-0.2, 0) is 0 Å². The van der Waals surface area contributed by atoms with Crippen molar-refractivity contribution in [1.82, 2.24) is 5.01 Å². The van der Waals surface area contributed by atoms with Crippen LogP contribution in [0.25, 0.3) is 0 Å². The molecular weight excluding hydrogens is 584 g/mol. The van der Waals surface area contributed by atoms with Crippen LogP contribution in [0.1, 0.15) is 68.0 Å². The molecule has 5 rings (SSSR count). The number of hydrogen-bond donors (Lipinski definition) is 0. The van der Waals surface area contributed by atoms with Gasteiger partial charge in [-0.15, -0.1) is 0 Å². The third kappa shape index (κ3) is 5.14. The largest absolute Gasteiger partial charge is 0.493 e. The second-order valence-corrected chi connectivity index (χ2v) is 10.9. The Morgan fingerprint density at radius 3 is 2.61 bits per heavy atom. The quantitative estimate of drug-likeness (QED) is 0.227. The van der Waals surface area contributed by atoms with Crippen LogP contribution in [0.2, 0.25) is 0 Å². The van der Waals surface area contributed by atoms with E-state index in [-0.39, 0.29) is 6.04 Å². The van der Waals surface area contributed by atoms with Gasteiger partial charge in [0.1, 0.15) is 5.75 Å². The number of benzene rings is 3. The van der Waals surface area contributed by atoms with Gasteiger partial charge in [-0.1, -0.05) is 72.4 Å². The Hall–Kier alpha value is -2.51. The predicted octanol–water partition coefficient (Wildman–Crippen LogP) is 8.42. The number of unbranched alkanes of at least 4 members (excludes halogenated alkanes) is 3. The second kappa shape index (κ2) is 11.3. The molecule has 0 N–H and O–H groups in total. The lowest BCUT2D eigenvalue weighted by Gasteiger charge is -2.38. The first-order chi connectivity index (χ1) is 17.6. The molecule has 188 valence electrons. The van der Waals surface area contributed by atoms with Crippen molar-refractivity contribution in [1.29, 1.82) is 0 Å². The minimum Gasteiger partial charge on any atom is -0.493 e. The predicted molar refractivity (Wildman–Crippen MR) is 150 cm³/mol. The maximum atomic E-state index is 6.62. The summed E-state index contributed by atoms with van der Waals surface area (Å²) in [7, 11) is 1.68. The van der Waals surface area contributed by atoms with Gasteiger partial charge < -0.3 is 14.2 Å². The Morgan fingerprint density at radius 1 is 1.00 bits per heavy atom. The zero-order chi connectivity index (χ0) is 25.1. The van der Waals surface area contributed by atoms with Crippen LogP contribution in [0.5, 0.6) is 17.2 Å². The fourth-order valence-electron chi connectivity index (χ4n) is 4.81. The van der Waals surface area contributed by atoms with Crippen LogP contribution in [0.3, 0.4) is 0 Å². The molecule has 0 fully saturated rings. The highest BCUT2D eigenvalue weighted by atomic mass is 79.9. The van der Waals surface area contributed by atoms with Gasteiger partial charge >= 0.3 is 0 Å². The van der Waals surface area contributed by atoms with Crippen LogP contribution in [0, 0.1) is 0 Å². The first-order valence-corrected chi connectivity index (χ1v) is 14.0. The van der Waals surface area contributed by atoms with Gasteiger partial charge in [-0.3, -0.25) is 0 Å². The number of nitrogens with zero attached hydrogens (tertiary/aromatic N) is 2. The molecule has 0 aromatic heterocycles. The Balaban J connectivity index is 1.48. The normalized spacial score (nSPS) is 18.2. The molecule has 3 aromatic carbocycles. The van der Waals surface area contributed by atoms with E-state index in [1.807, 2.05) is 24.3 Å². The van der Waals surface area contributed by atoms with Gasteiger partial charge in [-0.2, -0.15) is 5.10 Å². The molecule has 0 saturated heterocycles. The Labute approximate surface area is 229 Å². The molecule has 0 aliphatic carbocycles. The number of halogens is 2. The summed E-state index contributed by atoms with van der Waals surface area (Å²) in [6.45, 7) is 2.90. The Morgan fingerprint density at radius 2 is 1.83 bits per heavy atom. The standard InChI is InChI=1S/C29H30Br2N2O3/c1-3-4-5-9-14-35-26-13-12-20(15-27(26)34-2)29-33-25(18-24(32-33)19-10-7-6-8-11-19)22-16-21(30)17-23(31)28(22)36-29/h6-8,10-13,15-17,25,29H,3-5,9,14,18H2,1-2H3/t25-,29+/m1/s1. The molecule has 2 aliphatic heterocycles. The van der Waals surface area contributed by atoms with Crippen molar-refractivity contribution in [2.75, 3.05) is 13.7 Å². The molecule has 7 heteroatoms. The number of fused-ring (bicyclic) bond motifs is 3. The Kier molecular flexibility index (Phi) is 7.87. The zero-order valence-electron chi connectivity index (χ0n) is 20.5. The molecule has 0 spiro atoms. The van der Waals surface area contributed by atoms with Gasteiger partial charge in [-0.05, 0) is 58.2 Å². The van der Waals surface area contributed by atoms with E-state index in [9.17, 15) is 0 Å². The molecular formula is C29H30Br2N2O3. The molecule has 0 saturated carbocycles. The summed E-state index contributed by atoms with van der Waals surface area (Å²) < 4.78 is 20.3. The van der Waals surface area contributed by atoms with E-state index in [1.54, 1.807) is 7.11 Å². The van der Waals surface area contributed by atoms with Crippen molar-refractivity contribution in [3.05, 3.63) is 86.3 Å². The van der Waals surface area contributed by atoms with E-state index in [2.05, 4.69) is 80.2 Å². The van der Waals surface area contributed by atoms with Gasteiger partial charge in [0.2, 0.25) is 6.23 Å². The second-order valence-electron chi connectivity index (χ2n) is 9.11. The molecule has 2 aliphatic rings. The SMILES string of the molecule is CCCCCCOc1ccc([C@@H]2Oc3c(Br)cc(Br)cc3[C@H]3CC(c4ccccc4)=NN32)cc1OC. The molecule has 0 unspecified atom stereocenters. The third-order valence-corrected chi connectivity index (χ3v) is 7.69. The summed E-state index contributed by atoms with van der Waals surface area (Å²) in [4.78, 5) is 0. The van der Waals surface area contributed by atoms with Gasteiger partial charge in [0.05, 0.1) is 29.9 Å². The summed E-state index contributed by atoms with van der Waals surface area (Å²) in [5.41, 5.74) is 4.26. The summed E-state index contributed by atoms with van der Waals surface area (Å²) in [5.74, 6) is 2.31. The van der Waals surface area contributed by atoms with E-state index in [0.717, 1.165) is 55.7 Å². The van der Waals surface area contributed by atoms with Gasteiger partial charge in [0.15, 0.2) is 11.5 Å². The molecule has 5 nitrogen and oxygen atoms in total. The Bertz CT molecular complexity index is 1250. The third-order valence-electron chi connectivity index (χ3n) is 6.64. The van der Waals surface area contributed by atoms with Crippen LogP contribution >= 0.6 is 31.9 Å². The summed E-state index contributed by atoms with van der Waals surface area (Å²) in [6, 6.07) is 20.6. The van der Waals surface area contributed by atoms with Crippen molar-refractivity contribution in [2.24, 2.45) is 5.10 Å². The van der Waals surface area contributed by atoms with Crippen molar-refractivity contribution in [3.8, 4) is 17.2 Å². The van der Waals surface area contributed by atoms with E-state index in [0.29, 0.717) is 12.4 Å². The summed E-state index contributed by atoms with van der Waals surface area (Å²) in [5, 5.41) is 7.16. The molecule has 3 aromatic rings. The van der Waals surface area contributed by atoms with E-state index in [1.165, 1.54) is 19.3 Å². The number of methoxy groups -OCH3 is 1. The maximum absolute atomic E-state index is 6.62. The maximum Gasteiger partial charge on any atom is 0.214 e. The zero-order valence-corrected chi connectivity index (χ0v) is 23.7. The van der Waals surface area contributed by atoms with Crippen molar-refractivity contribution >= 4 is 37.6 Å². The number of ether oxygens (including phenoxy) is 3. The first kappa shape index (κ1) is 25.2. The average molecular weight is 614 g/mol. The van der Waals surface area contributed by atoms with E-state index >= 15 is 0 Å². The first-order valence-electron chi connectivity index (χ1n) is 12.5. The summed E-state index contributed by atoms with van der Waals surface area (Å²) >= 11 is 7.37. The molecule has 2 heterocycles. The smallest absolute Gasteiger partial charge is 0.214 e. The van der Waals surface area contributed by atoms with Crippen molar-refractivity contribution < 1.29 is 14.2 Å². The van der Waals surface area contributed by atoms with Crippen LogP contribution in [-0.4, -0.2) is 24.4 Å². The van der Waals surface area contributed by atoms with E-state index in [4.69, 9.17) is 19.3 Å². The minimum absolute atomic E-state index is 0.0586. The van der Waals surface area contributed by atoms with Crippen molar-refractivity contribution in [3.63, 3.8) is 0 Å². The highest BCUT2D eigenvalue weighted by Gasteiger charge is 2.42. The van der Waals surface area contributed by atoms with E-state index < -0.39 is 6.23 Å². The number of hydrogen-bond acceptors (Lipinski definition) is 5. The molecule has 0 amide bonds. The van der Waals surface area contributed by atoms with Crippen molar-refractivity contribution in [2.45, 2.75) is 51.3 Å². The minimum atomic E-state index is -0.395. The lowest BCUT2D eigenvalue weighted by Crippen LogP contribution is -2.34.